The zero-order valence-electron chi connectivity index (χ0n) is 6.54. The number of carbonyl (C=O) groups is 1. The Kier molecular flexibility index (Phi) is 3.16. The molecule has 0 aliphatic heterocycles. The van der Waals surface area contributed by atoms with Gasteiger partial charge in [-0.3, -0.25) is 4.79 Å². The van der Waals surface area contributed by atoms with Crippen molar-refractivity contribution in [3.8, 4) is 0 Å². The van der Waals surface area contributed by atoms with Crippen LogP contribution in [0.1, 0.15) is 10.4 Å². The molecule has 0 atom stereocenters. The normalized spacial score (nSPS) is 9.36. The lowest BCUT2D eigenvalue weighted by Gasteiger charge is -2.00. The van der Waals surface area contributed by atoms with Crippen molar-refractivity contribution in [1.82, 2.24) is 0 Å². The molecule has 7 heteroatoms. The molecule has 0 saturated carbocycles. The summed E-state index contributed by atoms with van der Waals surface area (Å²) in [5.41, 5.74) is 7.06. The number of benzene rings is 1. The van der Waals surface area contributed by atoms with Gasteiger partial charge < -0.3 is 0 Å². The molecule has 0 bridgehead atoms. The van der Waals surface area contributed by atoms with Crippen molar-refractivity contribution >= 4 is 21.8 Å². The van der Waals surface area contributed by atoms with Crippen LogP contribution < -0.4 is 0 Å². The van der Waals surface area contributed by atoms with Gasteiger partial charge in [-0.05, 0) is 22.8 Å². The van der Waals surface area contributed by atoms with Crippen molar-refractivity contribution in [3.63, 3.8) is 0 Å². The minimum Gasteiger partial charge on any atom is -0.287 e. The lowest BCUT2D eigenvalue weighted by atomic mass is 10.2. The van der Waals surface area contributed by atoms with E-state index in [1.165, 1.54) is 0 Å². The zero-order valence-corrected chi connectivity index (χ0v) is 8.12. The maximum Gasteiger partial charge on any atom is 0.255 e. The van der Waals surface area contributed by atoms with Gasteiger partial charge in [0.25, 0.3) is 5.91 Å². The van der Waals surface area contributed by atoms with E-state index in [9.17, 15) is 13.6 Å². The minimum atomic E-state index is -1.28. The Bertz CT molecular complexity index is 420. The van der Waals surface area contributed by atoms with E-state index in [1.54, 1.807) is 0 Å². The second-order valence-electron chi connectivity index (χ2n) is 2.24. The van der Waals surface area contributed by atoms with Crippen LogP contribution in [-0.2, 0) is 0 Å². The monoisotopic (exact) mass is 261 g/mol. The molecule has 0 N–H and O–H groups in total. The third-order valence-corrected chi connectivity index (χ3v) is 1.81. The summed E-state index contributed by atoms with van der Waals surface area (Å²) in [5, 5.41) is 2.59. The Balaban J connectivity index is 3.34. The summed E-state index contributed by atoms with van der Waals surface area (Å²) >= 11 is 2.84. The number of nitrogens with zero attached hydrogens (tertiary/aromatic N) is 3. The molecule has 14 heavy (non-hydrogen) atoms. The van der Waals surface area contributed by atoms with Gasteiger partial charge in [0.1, 0.15) is 11.6 Å². The van der Waals surface area contributed by atoms with E-state index in [4.69, 9.17) is 5.53 Å². The highest BCUT2D eigenvalue weighted by atomic mass is 79.9. The number of hydrogen-bond donors (Lipinski definition) is 0. The molecule has 1 aromatic rings. The van der Waals surface area contributed by atoms with Crippen molar-refractivity contribution in [1.29, 1.82) is 0 Å². The van der Waals surface area contributed by atoms with Crippen LogP contribution in [0, 0.1) is 11.6 Å². The van der Waals surface area contributed by atoms with Crippen LogP contribution in [0.15, 0.2) is 21.7 Å². The van der Waals surface area contributed by atoms with E-state index in [-0.39, 0.29) is 4.47 Å². The van der Waals surface area contributed by atoms with Crippen LogP contribution >= 0.6 is 15.9 Å². The summed E-state index contributed by atoms with van der Waals surface area (Å²) in [6.07, 6.45) is 0. The van der Waals surface area contributed by atoms with E-state index in [0.717, 1.165) is 12.1 Å². The van der Waals surface area contributed by atoms with Gasteiger partial charge in [0, 0.05) is 9.38 Å². The summed E-state index contributed by atoms with van der Waals surface area (Å²) in [5.74, 6) is -3.43. The van der Waals surface area contributed by atoms with Gasteiger partial charge in [-0.1, -0.05) is 15.9 Å². The highest BCUT2D eigenvalue weighted by molar-refractivity contribution is 9.10. The molecular weight excluding hydrogens is 260 g/mol. The number of amides is 1. The highest BCUT2D eigenvalue weighted by Crippen LogP contribution is 2.20. The van der Waals surface area contributed by atoms with Crippen LogP contribution in [-0.4, -0.2) is 5.91 Å². The maximum atomic E-state index is 13.0. The second kappa shape index (κ2) is 4.17. The Labute approximate surface area is 85.3 Å². The first-order valence-corrected chi connectivity index (χ1v) is 4.09. The molecule has 1 rings (SSSR count). The van der Waals surface area contributed by atoms with Crippen LogP contribution in [0.5, 0.6) is 0 Å². The molecule has 0 aliphatic carbocycles. The first kappa shape index (κ1) is 10.6. The lowest BCUT2D eigenvalue weighted by Crippen LogP contribution is -2.02. The van der Waals surface area contributed by atoms with E-state index >= 15 is 0 Å². The fourth-order valence-electron chi connectivity index (χ4n) is 0.837. The van der Waals surface area contributed by atoms with E-state index in [2.05, 4.69) is 26.0 Å². The standard InChI is InChI=1S/C7H2BrF2N3O/c8-3-1-4(9)6(5(10)2-3)7(14)12-13-11/h1-2H. The SMILES string of the molecule is [N-]=[N+]=NC(=O)c1c(F)cc(Br)cc1F. The number of hydrogen-bond acceptors (Lipinski definition) is 1. The average molecular weight is 262 g/mol. The molecule has 0 unspecified atom stereocenters. The third-order valence-electron chi connectivity index (χ3n) is 1.36. The first-order valence-electron chi connectivity index (χ1n) is 3.30. The van der Waals surface area contributed by atoms with Gasteiger partial charge in [0.15, 0.2) is 0 Å². The Morgan fingerprint density at radius 2 is 1.93 bits per heavy atom. The molecule has 0 saturated heterocycles. The van der Waals surface area contributed by atoms with Gasteiger partial charge in [0.05, 0.1) is 5.56 Å². The third kappa shape index (κ3) is 2.07. The number of azide groups is 1. The smallest absolute Gasteiger partial charge is 0.255 e. The molecule has 1 amide bonds. The van der Waals surface area contributed by atoms with Gasteiger partial charge in [-0.25, -0.2) is 8.78 Å². The largest absolute Gasteiger partial charge is 0.287 e. The quantitative estimate of drug-likeness (QED) is 0.435. The predicted molar refractivity (Wildman–Crippen MR) is 47.5 cm³/mol. The Hall–Kier alpha value is -1.46. The molecule has 72 valence electrons. The predicted octanol–water partition coefficient (Wildman–Crippen LogP) is 3.18. The van der Waals surface area contributed by atoms with Crippen molar-refractivity contribution in [2.75, 3.05) is 0 Å². The fraction of sp³-hybridized carbons (Fsp3) is 0. The molecular formula is C7H2BrF2N3O. The fourth-order valence-corrected chi connectivity index (χ4v) is 1.24. The minimum absolute atomic E-state index is 0.157. The van der Waals surface area contributed by atoms with Crippen LogP contribution in [0.3, 0.4) is 0 Å². The number of rotatable bonds is 1. The van der Waals surface area contributed by atoms with Crippen molar-refractivity contribution < 1.29 is 13.6 Å². The first-order chi connectivity index (χ1) is 6.56. The molecule has 1 aromatic carbocycles. The number of halogens is 3. The molecule has 4 nitrogen and oxygen atoms in total. The van der Waals surface area contributed by atoms with Crippen molar-refractivity contribution in [3.05, 3.63) is 44.2 Å². The van der Waals surface area contributed by atoms with E-state index in [1.807, 2.05) is 0 Å². The van der Waals surface area contributed by atoms with Crippen molar-refractivity contribution in [2.24, 2.45) is 5.11 Å². The van der Waals surface area contributed by atoms with Gasteiger partial charge in [-0.15, -0.1) is 0 Å². The van der Waals surface area contributed by atoms with Gasteiger partial charge in [0.2, 0.25) is 0 Å². The second-order valence-corrected chi connectivity index (χ2v) is 3.15. The molecule has 0 fully saturated rings. The zero-order chi connectivity index (χ0) is 10.7. The van der Waals surface area contributed by atoms with E-state index in [0.29, 0.717) is 0 Å². The summed E-state index contributed by atoms with van der Waals surface area (Å²) < 4.78 is 26.2. The lowest BCUT2D eigenvalue weighted by molar-refractivity contribution is 0.0992. The summed E-state index contributed by atoms with van der Waals surface area (Å²) in [7, 11) is 0. The molecule has 0 radical (unpaired) electrons. The molecule has 0 heterocycles. The Morgan fingerprint density at radius 1 is 1.43 bits per heavy atom. The van der Waals surface area contributed by atoms with Crippen molar-refractivity contribution in [2.45, 2.75) is 0 Å². The van der Waals surface area contributed by atoms with Gasteiger partial charge in [-0.2, -0.15) is 0 Å². The molecule has 0 aliphatic rings. The highest BCUT2D eigenvalue weighted by Gasteiger charge is 2.16. The van der Waals surface area contributed by atoms with Gasteiger partial charge >= 0.3 is 0 Å². The summed E-state index contributed by atoms with van der Waals surface area (Å²) in [6.45, 7) is 0. The summed E-state index contributed by atoms with van der Waals surface area (Å²) in [4.78, 5) is 13.0. The number of carbonyl (C=O) groups excluding carboxylic acids is 1. The average Bonchev–Trinajstić information content (AvgIpc) is 2.01. The maximum absolute atomic E-state index is 13.0. The summed E-state index contributed by atoms with van der Waals surface area (Å²) in [6, 6.07) is 1.81. The topological polar surface area (TPSA) is 65.8 Å². The Morgan fingerprint density at radius 3 is 2.36 bits per heavy atom. The molecule has 0 spiro atoms. The van der Waals surface area contributed by atoms with E-state index < -0.39 is 23.1 Å². The molecule has 0 aromatic heterocycles. The van der Waals surface area contributed by atoms with Crippen LogP contribution in [0.4, 0.5) is 8.78 Å². The van der Waals surface area contributed by atoms with Crippen LogP contribution in [0.25, 0.3) is 10.4 Å². The van der Waals surface area contributed by atoms with Crippen LogP contribution in [0.2, 0.25) is 0 Å².